The molecule has 0 saturated carbocycles. The molecule has 1 saturated heterocycles. The first-order valence-corrected chi connectivity index (χ1v) is 6.80. The number of aromatic nitrogens is 3. The van der Waals surface area contributed by atoms with Crippen molar-refractivity contribution < 1.29 is 0 Å². The van der Waals surface area contributed by atoms with Gasteiger partial charge < -0.3 is 15.6 Å². The molecule has 0 aromatic carbocycles. The fraction of sp³-hybridized carbons (Fsp3) is 0.429. The van der Waals surface area contributed by atoms with E-state index in [0.29, 0.717) is 6.04 Å². The molecule has 5 nitrogen and oxygen atoms in total. The molecule has 2 aromatic rings. The third-order valence-electron chi connectivity index (χ3n) is 3.70. The third-order valence-corrected chi connectivity index (χ3v) is 3.70. The molecule has 1 aliphatic heterocycles. The van der Waals surface area contributed by atoms with Crippen LogP contribution in [-0.4, -0.2) is 34.1 Å². The zero-order valence-electron chi connectivity index (χ0n) is 10.9. The Hall–Kier alpha value is -1.88. The van der Waals surface area contributed by atoms with Gasteiger partial charge in [0.25, 0.3) is 0 Å². The Morgan fingerprint density at radius 2 is 2.16 bits per heavy atom. The maximum absolute atomic E-state index is 5.67. The summed E-state index contributed by atoms with van der Waals surface area (Å²) in [5.74, 6) is 0.829. The zero-order chi connectivity index (χ0) is 13.1. The molecule has 2 aromatic heterocycles. The van der Waals surface area contributed by atoms with Gasteiger partial charge in [0.2, 0.25) is 5.95 Å². The number of hydrogen-bond donors (Lipinski definition) is 2. The van der Waals surface area contributed by atoms with E-state index in [1.54, 1.807) is 0 Å². The van der Waals surface area contributed by atoms with E-state index in [1.165, 1.54) is 12.8 Å². The first kappa shape index (κ1) is 12.2. The molecule has 3 rings (SSSR count). The predicted octanol–water partition coefficient (Wildman–Crippen LogP) is 1.79. The SMILES string of the molecule is NCCC1CCCN1c1ncc(-c2cc[nH]c2)cn1. The van der Waals surface area contributed by atoms with Gasteiger partial charge >= 0.3 is 0 Å². The number of nitrogens with zero attached hydrogens (tertiary/aromatic N) is 3. The molecule has 0 bridgehead atoms. The van der Waals surface area contributed by atoms with Crippen LogP contribution in [-0.2, 0) is 0 Å². The van der Waals surface area contributed by atoms with Crippen molar-refractivity contribution in [3.63, 3.8) is 0 Å². The Morgan fingerprint density at radius 1 is 1.32 bits per heavy atom. The van der Waals surface area contributed by atoms with E-state index in [-0.39, 0.29) is 0 Å². The lowest BCUT2D eigenvalue weighted by atomic mass is 10.1. The number of anilines is 1. The van der Waals surface area contributed by atoms with E-state index in [9.17, 15) is 0 Å². The summed E-state index contributed by atoms with van der Waals surface area (Å²) in [5.41, 5.74) is 7.82. The smallest absolute Gasteiger partial charge is 0.225 e. The molecule has 1 atom stereocenters. The van der Waals surface area contributed by atoms with Crippen LogP contribution in [0.1, 0.15) is 19.3 Å². The zero-order valence-corrected chi connectivity index (χ0v) is 10.9. The lowest BCUT2D eigenvalue weighted by Crippen LogP contribution is -2.32. The minimum atomic E-state index is 0.503. The summed E-state index contributed by atoms with van der Waals surface area (Å²) < 4.78 is 0. The summed E-state index contributed by atoms with van der Waals surface area (Å²) >= 11 is 0. The van der Waals surface area contributed by atoms with Gasteiger partial charge in [-0.2, -0.15) is 0 Å². The fourth-order valence-electron chi connectivity index (χ4n) is 2.71. The summed E-state index contributed by atoms with van der Waals surface area (Å²) in [5, 5.41) is 0. The Kier molecular flexibility index (Phi) is 3.46. The van der Waals surface area contributed by atoms with Crippen LogP contribution in [0.4, 0.5) is 5.95 Å². The number of H-pyrrole nitrogens is 1. The van der Waals surface area contributed by atoms with Crippen molar-refractivity contribution in [1.29, 1.82) is 0 Å². The summed E-state index contributed by atoms with van der Waals surface area (Å²) in [6.07, 6.45) is 11.1. The molecule has 0 radical (unpaired) electrons. The molecule has 0 aliphatic carbocycles. The molecule has 0 spiro atoms. The van der Waals surface area contributed by atoms with Gasteiger partial charge in [-0.25, -0.2) is 9.97 Å². The second-order valence-corrected chi connectivity index (χ2v) is 4.94. The fourth-order valence-corrected chi connectivity index (χ4v) is 2.71. The van der Waals surface area contributed by atoms with Gasteiger partial charge in [0.15, 0.2) is 0 Å². The molecule has 100 valence electrons. The summed E-state index contributed by atoms with van der Waals surface area (Å²) in [6.45, 7) is 1.76. The molecule has 1 aliphatic rings. The number of hydrogen-bond acceptors (Lipinski definition) is 4. The highest BCUT2D eigenvalue weighted by molar-refractivity contribution is 5.61. The van der Waals surface area contributed by atoms with Crippen LogP contribution in [0, 0.1) is 0 Å². The van der Waals surface area contributed by atoms with Crippen molar-refractivity contribution in [2.75, 3.05) is 18.0 Å². The number of nitrogens with one attached hydrogen (secondary N) is 1. The molecule has 3 N–H and O–H groups in total. The van der Waals surface area contributed by atoms with Gasteiger partial charge in [0.1, 0.15) is 0 Å². The van der Waals surface area contributed by atoms with E-state index in [0.717, 1.165) is 36.6 Å². The van der Waals surface area contributed by atoms with Crippen LogP contribution in [0.3, 0.4) is 0 Å². The Morgan fingerprint density at radius 3 is 2.84 bits per heavy atom. The average Bonchev–Trinajstić information content (AvgIpc) is 3.10. The highest BCUT2D eigenvalue weighted by Gasteiger charge is 2.25. The number of nitrogens with two attached hydrogens (primary N) is 1. The second kappa shape index (κ2) is 5.40. The van der Waals surface area contributed by atoms with Crippen molar-refractivity contribution in [1.82, 2.24) is 15.0 Å². The largest absolute Gasteiger partial charge is 0.367 e. The van der Waals surface area contributed by atoms with Gasteiger partial charge in [-0.05, 0) is 31.9 Å². The summed E-state index contributed by atoms with van der Waals surface area (Å²) in [7, 11) is 0. The summed E-state index contributed by atoms with van der Waals surface area (Å²) in [4.78, 5) is 14.3. The first-order chi connectivity index (χ1) is 9.38. The number of aromatic amines is 1. The van der Waals surface area contributed by atoms with E-state index >= 15 is 0 Å². The van der Waals surface area contributed by atoms with Crippen molar-refractivity contribution in [2.24, 2.45) is 5.73 Å². The predicted molar refractivity (Wildman–Crippen MR) is 75.9 cm³/mol. The topological polar surface area (TPSA) is 70.8 Å². The molecule has 1 unspecified atom stereocenters. The summed E-state index contributed by atoms with van der Waals surface area (Å²) in [6, 6.07) is 2.52. The maximum Gasteiger partial charge on any atom is 0.225 e. The van der Waals surface area contributed by atoms with Crippen LogP contribution in [0.25, 0.3) is 11.1 Å². The minimum Gasteiger partial charge on any atom is -0.367 e. The number of rotatable bonds is 4. The highest BCUT2D eigenvalue weighted by atomic mass is 15.3. The van der Waals surface area contributed by atoms with Gasteiger partial charge in [0.05, 0.1) is 0 Å². The monoisotopic (exact) mass is 257 g/mol. The molecular formula is C14H19N5. The van der Waals surface area contributed by atoms with Crippen LogP contribution in [0.2, 0.25) is 0 Å². The molecular weight excluding hydrogens is 238 g/mol. The lowest BCUT2D eigenvalue weighted by Gasteiger charge is -2.24. The maximum atomic E-state index is 5.67. The van der Waals surface area contributed by atoms with Gasteiger partial charge in [0, 0.05) is 48.5 Å². The van der Waals surface area contributed by atoms with Crippen molar-refractivity contribution in [2.45, 2.75) is 25.3 Å². The van der Waals surface area contributed by atoms with Crippen molar-refractivity contribution >= 4 is 5.95 Å². The first-order valence-electron chi connectivity index (χ1n) is 6.80. The van der Waals surface area contributed by atoms with Crippen LogP contribution < -0.4 is 10.6 Å². The standard InChI is InChI=1S/C14H19N5/c15-5-3-13-2-1-7-19(13)14-17-9-12(10-18-14)11-4-6-16-8-11/h4,6,8-10,13,16H,1-3,5,7,15H2. The minimum absolute atomic E-state index is 0.503. The quantitative estimate of drug-likeness (QED) is 0.876. The Labute approximate surface area is 112 Å². The van der Waals surface area contributed by atoms with Crippen LogP contribution >= 0.6 is 0 Å². The van der Waals surface area contributed by atoms with Crippen molar-refractivity contribution in [3.8, 4) is 11.1 Å². The molecule has 19 heavy (non-hydrogen) atoms. The normalized spacial score (nSPS) is 19.0. The lowest BCUT2D eigenvalue weighted by molar-refractivity contribution is 0.609. The average molecular weight is 257 g/mol. The van der Waals surface area contributed by atoms with E-state index < -0.39 is 0 Å². The second-order valence-electron chi connectivity index (χ2n) is 4.94. The van der Waals surface area contributed by atoms with Crippen molar-refractivity contribution in [3.05, 3.63) is 30.9 Å². The van der Waals surface area contributed by atoms with E-state index in [1.807, 2.05) is 30.9 Å². The van der Waals surface area contributed by atoms with Crippen LogP contribution in [0.15, 0.2) is 30.9 Å². The van der Waals surface area contributed by atoms with Gasteiger partial charge in [-0.1, -0.05) is 0 Å². The van der Waals surface area contributed by atoms with E-state index in [2.05, 4.69) is 19.9 Å². The van der Waals surface area contributed by atoms with E-state index in [4.69, 9.17) is 5.73 Å². The van der Waals surface area contributed by atoms with Gasteiger partial charge in [-0.15, -0.1) is 0 Å². The Bertz CT molecular complexity index is 505. The molecule has 0 amide bonds. The highest BCUT2D eigenvalue weighted by Crippen LogP contribution is 2.25. The molecule has 3 heterocycles. The third kappa shape index (κ3) is 2.46. The van der Waals surface area contributed by atoms with Gasteiger partial charge in [-0.3, -0.25) is 0 Å². The van der Waals surface area contributed by atoms with Crippen LogP contribution in [0.5, 0.6) is 0 Å². The Balaban J connectivity index is 1.79. The molecule has 1 fully saturated rings. The molecule has 5 heteroatoms.